The fourth-order valence-electron chi connectivity index (χ4n) is 4.25. The smallest absolute Gasteiger partial charge is 0.176 e. The summed E-state index contributed by atoms with van der Waals surface area (Å²) in [6.45, 7) is 5.77. The van der Waals surface area contributed by atoms with Gasteiger partial charge < -0.3 is 9.87 Å². The van der Waals surface area contributed by atoms with E-state index in [0.29, 0.717) is 17.5 Å². The molecule has 4 nitrogen and oxygen atoms in total. The first-order valence-electron chi connectivity index (χ1n) is 9.85. The van der Waals surface area contributed by atoms with Gasteiger partial charge in [-0.15, -0.1) is 11.3 Å². The van der Waals surface area contributed by atoms with E-state index in [-0.39, 0.29) is 5.92 Å². The highest BCUT2D eigenvalue weighted by Crippen LogP contribution is 2.48. The van der Waals surface area contributed by atoms with Crippen molar-refractivity contribution in [2.45, 2.75) is 43.4 Å². The van der Waals surface area contributed by atoms with Crippen LogP contribution in [0.2, 0.25) is 0 Å². The Morgan fingerprint density at radius 2 is 1.97 bits per heavy atom. The molecule has 1 saturated carbocycles. The van der Waals surface area contributed by atoms with Crippen LogP contribution < -0.4 is 5.32 Å². The molecule has 0 bridgehead atoms. The molecule has 1 saturated heterocycles. The van der Waals surface area contributed by atoms with E-state index >= 15 is 0 Å². The van der Waals surface area contributed by atoms with Crippen molar-refractivity contribution in [2.75, 3.05) is 5.75 Å². The molecule has 1 aromatic heterocycles. The van der Waals surface area contributed by atoms with Crippen molar-refractivity contribution < 1.29 is 4.55 Å². The van der Waals surface area contributed by atoms with Crippen LogP contribution in [0.1, 0.15) is 44.2 Å². The Morgan fingerprint density at radius 3 is 2.66 bits per heavy atom. The highest BCUT2D eigenvalue weighted by molar-refractivity contribution is 7.93. The van der Waals surface area contributed by atoms with Crippen LogP contribution in [0.3, 0.4) is 0 Å². The molecule has 2 aromatic carbocycles. The van der Waals surface area contributed by atoms with Crippen LogP contribution in [0.25, 0.3) is 20.2 Å². The van der Waals surface area contributed by atoms with Crippen LogP contribution in [0.5, 0.6) is 0 Å². The van der Waals surface area contributed by atoms with E-state index in [4.69, 9.17) is 10.7 Å². The minimum atomic E-state index is -1.12. The Labute approximate surface area is 177 Å². The molecule has 148 valence electrons. The molecule has 2 fully saturated rings. The molecule has 6 heteroatoms. The van der Waals surface area contributed by atoms with Crippen LogP contribution in [0.4, 0.5) is 0 Å². The molecule has 5 rings (SSSR count). The number of benzene rings is 2. The van der Waals surface area contributed by atoms with E-state index < -0.39 is 21.5 Å². The molecular formula is C23H23N3OS2. The van der Waals surface area contributed by atoms with Gasteiger partial charge in [0.05, 0.1) is 12.0 Å². The molecule has 2 heterocycles. The minimum Gasteiger partial charge on any atom is -0.616 e. The van der Waals surface area contributed by atoms with E-state index in [1.807, 2.05) is 20.8 Å². The van der Waals surface area contributed by atoms with Crippen molar-refractivity contribution in [1.82, 2.24) is 5.32 Å². The first-order chi connectivity index (χ1) is 13.7. The Hall–Kier alpha value is -2.07. The molecule has 3 unspecified atom stereocenters. The zero-order valence-corrected chi connectivity index (χ0v) is 18.3. The molecule has 1 aliphatic heterocycles. The number of amidine groups is 1. The predicted octanol–water partition coefficient (Wildman–Crippen LogP) is 5.00. The zero-order chi connectivity index (χ0) is 20.6. The summed E-state index contributed by atoms with van der Waals surface area (Å²) in [5, 5.41) is 23.3. The Balaban J connectivity index is 1.56. The summed E-state index contributed by atoms with van der Waals surface area (Å²) >= 11 is 0.661. The van der Waals surface area contributed by atoms with Gasteiger partial charge in [0.2, 0.25) is 0 Å². The second kappa shape index (κ2) is 6.21. The first-order valence-corrected chi connectivity index (χ1v) is 12.0. The minimum absolute atomic E-state index is 0.172. The fourth-order valence-corrected chi connectivity index (χ4v) is 6.79. The van der Waals surface area contributed by atoms with Crippen molar-refractivity contribution in [1.29, 1.82) is 10.7 Å². The lowest BCUT2D eigenvalue weighted by Gasteiger charge is -2.44. The summed E-state index contributed by atoms with van der Waals surface area (Å²) in [6, 6.07) is 15.4. The fraction of sp³-hybridized carbons (Fsp3) is 0.391. The molecule has 2 N–H and O–H groups in total. The number of nitrogens with one attached hydrogen (secondary N) is 2. The molecule has 29 heavy (non-hydrogen) atoms. The largest absolute Gasteiger partial charge is 0.616 e. The molecular weight excluding hydrogens is 398 g/mol. The van der Waals surface area contributed by atoms with Crippen molar-refractivity contribution in [2.24, 2.45) is 5.92 Å². The van der Waals surface area contributed by atoms with Gasteiger partial charge in [0, 0.05) is 26.1 Å². The van der Waals surface area contributed by atoms with E-state index in [1.165, 1.54) is 25.7 Å². The Morgan fingerprint density at radius 1 is 1.17 bits per heavy atom. The maximum Gasteiger partial charge on any atom is 0.176 e. The van der Waals surface area contributed by atoms with Crippen LogP contribution >= 0.6 is 11.3 Å². The summed E-state index contributed by atoms with van der Waals surface area (Å²) in [7, 11) is 0. The third kappa shape index (κ3) is 2.87. The quantitative estimate of drug-likeness (QED) is 0.571. The highest BCUT2D eigenvalue weighted by Gasteiger charge is 2.49. The third-order valence-electron chi connectivity index (χ3n) is 6.51. The zero-order valence-electron chi connectivity index (χ0n) is 16.7. The summed E-state index contributed by atoms with van der Waals surface area (Å²) in [5.41, 5.74) is 1.81. The van der Waals surface area contributed by atoms with Gasteiger partial charge in [-0.05, 0) is 67.7 Å². The molecule has 0 amide bonds. The highest BCUT2D eigenvalue weighted by atomic mass is 32.2. The van der Waals surface area contributed by atoms with Gasteiger partial charge in [-0.1, -0.05) is 18.2 Å². The summed E-state index contributed by atoms with van der Waals surface area (Å²) in [5.74, 6) is 1.38. The Bertz CT molecular complexity index is 1210. The molecule has 1 aliphatic carbocycles. The summed E-state index contributed by atoms with van der Waals surface area (Å²) < 4.78 is 14.6. The molecule has 0 spiro atoms. The average Bonchev–Trinajstić information content (AvgIpc) is 3.39. The summed E-state index contributed by atoms with van der Waals surface area (Å²) in [4.78, 5) is 0. The second-order valence-electron chi connectivity index (χ2n) is 8.98. The summed E-state index contributed by atoms with van der Waals surface area (Å²) in [6.07, 6.45) is 0.973. The van der Waals surface area contributed by atoms with E-state index in [0.717, 1.165) is 12.0 Å². The van der Waals surface area contributed by atoms with Gasteiger partial charge in [0.15, 0.2) is 10.6 Å². The molecule has 4 atom stereocenters. The normalized spacial score (nSPS) is 30.9. The van der Waals surface area contributed by atoms with Gasteiger partial charge in [-0.25, -0.2) is 0 Å². The maximum absolute atomic E-state index is 12.8. The lowest BCUT2D eigenvalue weighted by atomic mass is 9.91. The van der Waals surface area contributed by atoms with Crippen molar-refractivity contribution in [3.8, 4) is 6.07 Å². The number of nitrogens with zero attached hydrogens (tertiary/aromatic N) is 1. The number of rotatable bonds is 2. The van der Waals surface area contributed by atoms with Gasteiger partial charge >= 0.3 is 0 Å². The molecule has 0 radical (unpaired) electrons. The SMILES string of the molecule is CC1(C)C(=N)N[C@](C)(c2ccc3sc4cc(C5CC5C#N)ccc4c3c2)C[S+]1[O-]. The Kier molecular flexibility index (Phi) is 4.05. The van der Waals surface area contributed by atoms with E-state index in [2.05, 4.69) is 47.8 Å². The van der Waals surface area contributed by atoms with E-state index in [9.17, 15) is 4.55 Å². The van der Waals surface area contributed by atoms with Crippen LogP contribution in [-0.2, 0) is 16.7 Å². The maximum atomic E-state index is 12.8. The number of hydrogen-bond acceptors (Lipinski definition) is 4. The van der Waals surface area contributed by atoms with Crippen LogP contribution in [0.15, 0.2) is 36.4 Å². The lowest BCUT2D eigenvalue weighted by Crippen LogP contribution is -2.63. The molecule has 2 aliphatic rings. The van der Waals surface area contributed by atoms with Crippen LogP contribution in [-0.4, -0.2) is 20.9 Å². The van der Waals surface area contributed by atoms with Crippen molar-refractivity contribution >= 4 is 48.5 Å². The van der Waals surface area contributed by atoms with Gasteiger partial charge in [0.1, 0.15) is 11.3 Å². The number of thiophene rings is 1. The second-order valence-corrected chi connectivity index (χ2v) is 12.1. The third-order valence-corrected chi connectivity index (χ3v) is 9.82. The number of nitriles is 1. The monoisotopic (exact) mass is 421 g/mol. The van der Waals surface area contributed by atoms with Gasteiger partial charge in [-0.2, -0.15) is 5.26 Å². The molecule has 3 aromatic rings. The first kappa shape index (κ1) is 18.9. The lowest BCUT2D eigenvalue weighted by molar-refractivity contribution is 0.443. The van der Waals surface area contributed by atoms with Crippen molar-refractivity contribution in [3.63, 3.8) is 0 Å². The van der Waals surface area contributed by atoms with E-state index in [1.54, 1.807) is 11.3 Å². The number of hydrogen-bond donors (Lipinski definition) is 2. The standard InChI is InChI=1S/C23H23N3OS2/c1-22(2)21(25)26-23(3,12-29(22)27)15-5-7-19-18(10-15)16-6-4-13(9-20(16)28-19)17-8-14(17)11-24/h4-7,9-10,14,17H,8,12H2,1-3H3,(H2,25,26)/t14?,17?,23-,29?/m0/s1. The topological polar surface area (TPSA) is 82.7 Å². The van der Waals surface area contributed by atoms with Crippen molar-refractivity contribution in [3.05, 3.63) is 47.5 Å². The van der Waals surface area contributed by atoms with Crippen LogP contribution in [0, 0.1) is 22.7 Å². The predicted molar refractivity (Wildman–Crippen MR) is 121 cm³/mol. The average molecular weight is 422 g/mol. The number of fused-ring (bicyclic) bond motifs is 3. The van der Waals surface area contributed by atoms with Gasteiger partial charge in [0.25, 0.3) is 0 Å². The van der Waals surface area contributed by atoms with Gasteiger partial charge in [-0.3, -0.25) is 5.41 Å².